The van der Waals surface area contributed by atoms with Crippen LogP contribution < -0.4 is 10.1 Å². The summed E-state index contributed by atoms with van der Waals surface area (Å²) in [5.74, 6) is 0.584. The van der Waals surface area contributed by atoms with Crippen LogP contribution in [0.15, 0.2) is 22.7 Å². The molecule has 0 aliphatic heterocycles. The molecule has 21 heavy (non-hydrogen) atoms. The van der Waals surface area contributed by atoms with E-state index in [1.165, 1.54) is 12.7 Å². The standard InChI is InChI=1S/C16H24BrNO3/c1-16(2,3)18-11-12-7-8-14(13(17)10-12)21-9-5-6-15(19)20-4/h7-8,10,18H,5-6,9,11H2,1-4H3. The number of ether oxygens (including phenoxy) is 2. The molecule has 1 aromatic carbocycles. The molecule has 0 atom stereocenters. The molecule has 118 valence electrons. The van der Waals surface area contributed by atoms with E-state index in [4.69, 9.17) is 4.74 Å². The first-order valence-electron chi connectivity index (χ1n) is 7.05. The molecule has 0 aliphatic carbocycles. The van der Waals surface area contributed by atoms with Gasteiger partial charge in [0.25, 0.3) is 0 Å². The van der Waals surface area contributed by atoms with Gasteiger partial charge in [-0.05, 0) is 60.8 Å². The Bertz CT molecular complexity index is 469. The second-order valence-corrected chi connectivity index (χ2v) is 6.75. The number of hydrogen-bond donors (Lipinski definition) is 1. The lowest BCUT2D eigenvalue weighted by atomic mass is 10.1. The number of nitrogens with one attached hydrogen (secondary N) is 1. The third-order valence-corrected chi connectivity index (χ3v) is 3.45. The Morgan fingerprint density at radius 2 is 2.05 bits per heavy atom. The van der Waals surface area contributed by atoms with Crippen molar-refractivity contribution in [2.75, 3.05) is 13.7 Å². The summed E-state index contributed by atoms with van der Waals surface area (Å²) in [5.41, 5.74) is 1.29. The van der Waals surface area contributed by atoms with Crippen LogP contribution in [-0.2, 0) is 16.1 Å². The zero-order valence-electron chi connectivity index (χ0n) is 13.2. The second-order valence-electron chi connectivity index (χ2n) is 5.90. The predicted molar refractivity (Wildman–Crippen MR) is 87.5 cm³/mol. The first-order valence-corrected chi connectivity index (χ1v) is 7.84. The van der Waals surface area contributed by atoms with Crippen LogP contribution in [0.5, 0.6) is 5.75 Å². The highest BCUT2D eigenvalue weighted by Crippen LogP contribution is 2.26. The second kappa shape index (κ2) is 8.39. The molecule has 1 rings (SSSR count). The SMILES string of the molecule is COC(=O)CCCOc1ccc(CNC(C)(C)C)cc1Br. The molecule has 0 fully saturated rings. The fraction of sp³-hybridized carbons (Fsp3) is 0.562. The van der Waals surface area contributed by atoms with Gasteiger partial charge in [-0.3, -0.25) is 4.79 Å². The fourth-order valence-corrected chi connectivity index (χ4v) is 2.18. The number of benzene rings is 1. The highest BCUT2D eigenvalue weighted by atomic mass is 79.9. The van der Waals surface area contributed by atoms with Gasteiger partial charge in [-0.2, -0.15) is 0 Å². The van der Waals surface area contributed by atoms with E-state index in [9.17, 15) is 4.79 Å². The van der Waals surface area contributed by atoms with Crippen LogP contribution in [0.2, 0.25) is 0 Å². The van der Waals surface area contributed by atoms with Crippen LogP contribution >= 0.6 is 15.9 Å². The van der Waals surface area contributed by atoms with Crippen molar-refractivity contribution in [2.24, 2.45) is 0 Å². The molecule has 0 heterocycles. The van der Waals surface area contributed by atoms with Gasteiger partial charge >= 0.3 is 5.97 Å². The van der Waals surface area contributed by atoms with E-state index in [-0.39, 0.29) is 11.5 Å². The summed E-state index contributed by atoms with van der Waals surface area (Å²) in [6.45, 7) is 7.72. The molecule has 0 spiro atoms. The Balaban J connectivity index is 2.45. The van der Waals surface area contributed by atoms with Crippen molar-refractivity contribution >= 4 is 21.9 Å². The minimum atomic E-state index is -0.207. The molecule has 0 amide bonds. The van der Waals surface area contributed by atoms with Crippen molar-refractivity contribution < 1.29 is 14.3 Å². The van der Waals surface area contributed by atoms with Crippen LogP contribution in [0.4, 0.5) is 0 Å². The Kier molecular flexibility index (Phi) is 7.18. The maximum Gasteiger partial charge on any atom is 0.305 e. The quantitative estimate of drug-likeness (QED) is 0.597. The summed E-state index contributed by atoms with van der Waals surface area (Å²) in [5, 5.41) is 3.44. The van der Waals surface area contributed by atoms with Gasteiger partial charge in [0.15, 0.2) is 0 Å². The van der Waals surface area contributed by atoms with E-state index in [0.717, 1.165) is 16.8 Å². The summed E-state index contributed by atoms with van der Waals surface area (Å²) in [7, 11) is 1.39. The van der Waals surface area contributed by atoms with Crippen molar-refractivity contribution in [2.45, 2.75) is 45.7 Å². The molecule has 0 radical (unpaired) electrons. The van der Waals surface area contributed by atoms with Gasteiger partial charge in [-0.1, -0.05) is 6.07 Å². The predicted octanol–water partition coefficient (Wildman–Crippen LogP) is 3.67. The average Bonchev–Trinajstić information content (AvgIpc) is 2.41. The Morgan fingerprint density at radius 3 is 2.62 bits per heavy atom. The van der Waals surface area contributed by atoms with E-state index >= 15 is 0 Å². The van der Waals surface area contributed by atoms with Crippen LogP contribution in [0.1, 0.15) is 39.2 Å². The molecule has 4 nitrogen and oxygen atoms in total. The van der Waals surface area contributed by atoms with E-state index < -0.39 is 0 Å². The first kappa shape index (κ1) is 18.0. The van der Waals surface area contributed by atoms with Gasteiger partial charge in [0.1, 0.15) is 5.75 Å². The molecule has 0 saturated carbocycles. The van der Waals surface area contributed by atoms with Crippen LogP contribution in [0, 0.1) is 0 Å². The molecule has 0 bridgehead atoms. The topological polar surface area (TPSA) is 47.6 Å². The van der Waals surface area contributed by atoms with Gasteiger partial charge in [-0.25, -0.2) is 0 Å². The lowest BCUT2D eigenvalue weighted by Crippen LogP contribution is -2.35. The molecule has 1 N–H and O–H groups in total. The molecule has 5 heteroatoms. The zero-order chi connectivity index (χ0) is 15.9. The molecule has 0 aliphatic rings. The molecule has 0 saturated heterocycles. The summed E-state index contributed by atoms with van der Waals surface area (Å²) < 4.78 is 11.2. The van der Waals surface area contributed by atoms with Gasteiger partial charge < -0.3 is 14.8 Å². The largest absolute Gasteiger partial charge is 0.492 e. The van der Waals surface area contributed by atoms with Gasteiger partial charge in [-0.15, -0.1) is 0 Å². The van der Waals surface area contributed by atoms with Crippen molar-refractivity contribution in [3.63, 3.8) is 0 Å². The van der Waals surface area contributed by atoms with Crippen molar-refractivity contribution in [3.05, 3.63) is 28.2 Å². The summed E-state index contributed by atoms with van der Waals surface area (Å²) in [6, 6.07) is 6.04. The Morgan fingerprint density at radius 1 is 1.33 bits per heavy atom. The van der Waals surface area contributed by atoms with Gasteiger partial charge in [0.05, 0.1) is 18.2 Å². The number of rotatable bonds is 7. The minimum Gasteiger partial charge on any atom is -0.492 e. The number of hydrogen-bond acceptors (Lipinski definition) is 4. The highest BCUT2D eigenvalue weighted by molar-refractivity contribution is 9.10. The normalized spacial score (nSPS) is 11.3. The smallest absolute Gasteiger partial charge is 0.305 e. The average molecular weight is 358 g/mol. The van der Waals surface area contributed by atoms with Crippen LogP contribution in [0.3, 0.4) is 0 Å². The van der Waals surface area contributed by atoms with E-state index in [1.807, 2.05) is 18.2 Å². The maximum absolute atomic E-state index is 11.0. The van der Waals surface area contributed by atoms with Crippen molar-refractivity contribution in [1.82, 2.24) is 5.32 Å². The van der Waals surface area contributed by atoms with E-state index in [0.29, 0.717) is 19.4 Å². The lowest BCUT2D eigenvalue weighted by Gasteiger charge is -2.20. The lowest BCUT2D eigenvalue weighted by molar-refractivity contribution is -0.140. The molecular weight excluding hydrogens is 334 g/mol. The highest BCUT2D eigenvalue weighted by Gasteiger charge is 2.09. The van der Waals surface area contributed by atoms with Crippen LogP contribution in [0.25, 0.3) is 0 Å². The van der Waals surface area contributed by atoms with E-state index in [2.05, 4.69) is 46.8 Å². The van der Waals surface area contributed by atoms with Crippen molar-refractivity contribution in [3.8, 4) is 5.75 Å². The number of methoxy groups -OCH3 is 1. The summed E-state index contributed by atoms with van der Waals surface area (Å²) >= 11 is 3.52. The minimum absolute atomic E-state index is 0.0928. The molecule has 0 aromatic heterocycles. The third kappa shape index (κ3) is 7.48. The zero-order valence-corrected chi connectivity index (χ0v) is 14.7. The van der Waals surface area contributed by atoms with Gasteiger partial charge in [0.2, 0.25) is 0 Å². The number of carbonyl (C=O) groups is 1. The Labute approximate surface area is 135 Å². The molecule has 0 unspecified atom stereocenters. The monoisotopic (exact) mass is 357 g/mol. The Hall–Kier alpha value is -1.07. The first-order chi connectivity index (χ1) is 9.81. The molecule has 1 aromatic rings. The summed E-state index contributed by atoms with van der Waals surface area (Å²) in [6.07, 6.45) is 1.02. The maximum atomic E-state index is 11.0. The third-order valence-electron chi connectivity index (χ3n) is 2.83. The van der Waals surface area contributed by atoms with Gasteiger partial charge in [0, 0.05) is 18.5 Å². The number of halogens is 1. The molecular formula is C16H24BrNO3. The number of esters is 1. The number of carbonyl (C=O) groups excluding carboxylic acids is 1. The van der Waals surface area contributed by atoms with Crippen LogP contribution in [-0.4, -0.2) is 25.2 Å². The van der Waals surface area contributed by atoms with E-state index in [1.54, 1.807) is 0 Å². The van der Waals surface area contributed by atoms with Crippen molar-refractivity contribution in [1.29, 1.82) is 0 Å². The fourth-order valence-electron chi connectivity index (χ4n) is 1.64. The summed E-state index contributed by atoms with van der Waals surface area (Å²) in [4.78, 5) is 11.0.